The Kier molecular flexibility index (Phi) is 6.47. The van der Waals surface area contributed by atoms with Crippen LogP contribution in [0.5, 0.6) is 5.75 Å². The lowest BCUT2D eigenvalue weighted by molar-refractivity contribution is -0.137. The molecule has 0 atom stereocenters. The van der Waals surface area contributed by atoms with E-state index in [-0.39, 0.29) is 17.0 Å². The minimum Gasteiger partial charge on any atom is -0.494 e. The van der Waals surface area contributed by atoms with Gasteiger partial charge in [-0.15, -0.1) is 0 Å². The zero-order valence-corrected chi connectivity index (χ0v) is 16.6. The van der Waals surface area contributed by atoms with Crippen LogP contribution in [0.15, 0.2) is 53.6 Å². The van der Waals surface area contributed by atoms with Crippen molar-refractivity contribution in [3.63, 3.8) is 0 Å². The number of alkyl halides is 3. The Labute approximate surface area is 174 Å². The van der Waals surface area contributed by atoms with Gasteiger partial charge in [0.05, 0.1) is 34.7 Å². The van der Waals surface area contributed by atoms with Crippen molar-refractivity contribution in [2.45, 2.75) is 18.1 Å². The highest BCUT2D eigenvalue weighted by Gasteiger charge is 2.33. The molecule has 0 aliphatic carbocycles. The van der Waals surface area contributed by atoms with Crippen molar-refractivity contribution in [1.82, 2.24) is 4.98 Å². The summed E-state index contributed by atoms with van der Waals surface area (Å²) in [5.74, 6) is -0.213. The summed E-state index contributed by atoms with van der Waals surface area (Å²) in [6.45, 7) is 2.34. The van der Waals surface area contributed by atoms with E-state index < -0.39 is 17.6 Å². The maximum atomic E-state index is 13.1. The number of benzene rings is 2. The second-order valence-electron chi connectivity index (χ2n) is 6.12. The fourth-order valence-electron chi connectivity index (χ4n) is 2.74. The molecule has 0 radical (unpaired) electrons. The zero-order chi connectivity index (χ0) is 21.7. The highest BCUT2D eigenvalue weighted by molar-refractivity contribution is 8.00. The van der Waals surface area contributed by atoms with E-state index in [4.69, 9.17) is 4.74 Å². The highest BCUT2D eigenvalue weighted by atomic mass is 32.2. The van der Waals surface area contributed by atoms with E-state index in [9.17, 15) is 23.2 Å². The molecule has 9 heteroatoms. The molecule has 0 aliphatic heterocycles. The van der Waals surface area contributed by atoms with Gasteiger partial charge in [0.15, 0.2) is 0 Å². The molecule has 0 saturated heterocycles. The van der Waals surface area contributed by atoms with E-state index in [1.165, 1.54) is 18.2 Å². The summed E-state index contributed by atoms with van der Waals surface area (Å²) in [7, 11) is 0. The molecule has 154 valence electrons. The quantitative estimate of drug-likeness (QED) is 0.539. The average molecular weight is 431 g/mol. The number of anilines is 1. The number of fused-ring (bicyclic) bond motifs is 1. The van der Waals surface area contributed by atoms with Gasteiger partial charge in [-0.25, -0.2) is 4.98 Å². The van der Waals surface area contributed by atoms with E-state index in [2.05, 4.69) is 10.3 Å². The van der Waals surface area contributed by atoms with Gasteiger partial charge in [0.1, 0.15) is 16.8 Å². The number of amides is 1. The number of ether oxygens (including phenoxy) is 1. The maximum absolute atomic E-state index is 13.1. The van der Waals surface area contributed by atoms with Gasteiger partial charge in [-0.2, -0.15) is 18.4 Å². The Morgan fingerprint density at radius 2 is 2.00 bits per heavy atom. The van der Waals surface area contributed by atoms with E-state index in [1.807, 2.05) is 13.0 Å². The Hall–Kier alpha value is -3.25. The van der Waals surface area contributed by atoms with Crippen LogP contribution in [0.25, 0.3) is 10.9 Å². The summed E-state index contributed by atoms with van der Waals surface area (Å²) in [4.78, 5) is 16.7. The number of nitriles is 1. The third kappa shape index (κ3) is 5.02. The number of thioether (sulfide) groups is 1. The Bertz CT molecular complexity index is 1130. The van der Waals surface area contributed by atoms with Crippen LogP contribution in [-0.2, 0) is 11.0 Å². The SMILES string of the molecule is CCOc1ccc2cc(C#N)c(SCC(=O)Nc3ccccc3C(F)(F)F)nc2c1. The van der Waals surface area contributed by atoms with Crippen LogP contribution in [0.3, 0.4) is 0 Å². The maximum Gasteiger partial charge on any atom is 0.418 e. The molecule has 5 nitrogen and oxygen atoms in total. The number of pyridine rings is 1. The molecule has 0 spiro atoms. The molecule has 0 unspecified atom stereocenters. The number of rotatable bonds is 6. The molecular formula is C21H16F3N3O2S. The number of hydrogen-bond acceptors (Lipinski definition) is 5. The van der Waals surface area contributed by atoms with Crippen LogP contribution in [0.4, 0.5) is 18.9 Å². The molecule has 1 N–H and O–H groups in total. The Morgan fingerprint density at radius 3 is 2.70 bits per heavy atom. The molecule has 0 fully saturated rings. The van der Waals surface area contributed by atoms with Crippen LogP contribution in [-0.4, -0.2) is 23.3 Å². The molecule has 0 saturated carbocycles. The average Bonchev–Trinajstić information content (AvgIpc) is 2.71. The fraction of sp³-hybridized carbons (Fsp3) is 0.190. The van der Waals surface area contributed by atoms with E-state index in [0.29, 0.717) is 22.9 Å². The van der Waals surface area contributed by atoms with Crippen LogP contribution in [0, 0.1) is 11.3 Å². The van der Waals surface area contributed by atoms with Crippen molar-refractivity contribution < 1.29 is 22.7 Å². The largest absolute Gasteiger partial charge is 0.494 e. The molecule has 1 heterocycles. The van der Waals surface area contributed by atoms with E-state index in [1.54, 1.807) is 24.3 Å². The van der Waals surface area contributed by atoms with Gasteiger partial charge >= 0.3 is 6.18 Å². The Morgan fingerprint density at radius 1 is 1.23 bits per heavy atom. The monoisotopic (exact) mass is 431 g/mol. The van der Waals surface area contributed by atoms with Crippen molar-refractivity contribution in [3.05, 3.63) is 59.7 Å². The van der Waals surface area contributed by atoms with Crippen molar-refractivity contribution in [2.75, 3.05) is 17.7 Å². The van der Waals surface area contributed by atoms with Crippen LogP contribution >= 0.6 is 11.8 Å². The number of nitrogens with zero attached hydrogens (tertiary/aromatic N) is 2. The third-order valence-corrected chi connectivity index (χ3v) is 5.02. The first-order valence-corrected chi connectivity index (χ1v) is 9.87. The number of carbonyl (C=O) groups excluding carboxylic acids is 1. The summed E-state index contributed by atoms with van der Waals surface area (Å²) >= 11 is 0.979. The number of nitrogens with one attached hydrogen (secondary N) is 1. The Balaban J connectivity index is 1.78. The third-order valence-electron chi connectivity index (χ3n) is 4.03. The van der Waals surface area contributed by atoms with E-state index in [0.717, 1.165) is 23.2 Å². The number of hydrogen-bond donors (Lipinski definition) is 1. The highest BCUT2D eigenvalue weighted by Crippen LogP contribution is 2.34. The van der Waals surface area contributed by atoms with Crippen molar-refractivity contribution in [2.24, 2.45) is 0 Å². The summed E-state index contributed by atoms with van der Waals surface area (Å²) < 4.78 is 44.7. The molecule has 1 amide bonds. The van der Waals surface area contributed by atoms with E-state index >= 15 is 0 Å². The van der Waals surface area contributed by atoms with Crippen molar-refractivity contribution >= 4 is 34.3 Å². The summed E-state index contributed by atoms with van der Waals surface area (Å²) in [6.07, 6.45) is -4.58. The minimum absolute atomic E-state index is 0.204. The number of halogens is 3. The molecule has 0 aliphatic rings. The van der Waals surface area contributed by atoms with Gasteiger partial charge in [0.2, 0.25) is 5.91 Å². The molecule has 30 heavy (non-hydrogen) atoms. The van der Waals surface area contributed by atoms with Crippen molar-refractivity contribution in [3.8, 4) is 11.8 Å². The zero-order valence-electron chi connectivity index (χ0n) is 15.8. The minimum atomic E-state index is -4.58. The first kappa shape index (κ1) is 21.5. The second kappa shape index (κ2) is 9.05. The van der Waals surface area contributed by atoms with Gasteiger partial charge in [0, 0.05) is 11.5 Å². The lowest BCUT2D eigenvalue weighted by Crippen LogP contribution is -2.18. The predicted octanol–water partition coefficient (Wildman–Crippen LogP) is 5.25. The summed E-state index contributed by atoms with van der Waals surface area (Å²) in [5, 5.41) is 12.7. The van der Waals surface area contributed by atoms with Crippen LogP contribution < -0.4 is 10.1 Å². The van der Waals surface area contributed by atoms with Crippen molar-refractivity contribution in [1.29, 1.82) is 5.26 Å². The smallest absolute Gasteiger partial charge is 0.418 e. The molecule has 2 aromatic carbocycles. The van der Waals surface area contributed by atoms with Gasteiger partial charge < -0.3 is 10.1 Å². The van der Waals surface area contributed by atoms with Gasteiger partial charge in [-0.1, -0.05) is 23.9 Å². The first-order valence-electron chi connectivity index (χ1n) is 8.88. The van der Waals surface area contributed by atoms with Crippen LogP contribution in [0.2, 0.25) is 0 Å². The van der Waals surface area contributed by atoms with Gasteiger partial charge in [0.25, 0.3) is 0 Å². The second-order valence-corrected chi connectivity index (χ2v) is 7.08. The molecule has 3 rings (SSSR count). The first-order chi connectivity index (χ1) is 14.3. The van der Waals surface area contributed by atoms with Crippen LogP contribution in [0.1, 0.15) is 18.1 Å². The normalized spacial score (nSPS) is 11.2. The molecule has 1 aromatic heterocycles. The lowest BCUT2D eigenvalue weighted by atomic mass is 10.1. The number of para-hydroxylation sites is 1. The molecule has 0 bridgehead atoms. The number of carbonyl (C=O) groups is 1. The summed E-state index contributed by atoms with van der Waals surface area (Å²) in [5.41, 5.74) is -0.372. The summed E-state index contributed by atoms with van der Waals surface area (Å²) in [6, 6.07) is 13.7. The molecule has 3 aromatic rings. The predicted molar refractivity (Wildman–Crippen MR) is 108 cm³/mol. The lowest BCUT2D eigenvalue weighted by Gasteiger charge is -2.13. The topological polar surface area (TPSA) is 75.0 Å². The standard InChI is InChI=1S/C21H16F3N3O2S/c1-2-29-15-8-7-13-9-14(11-25)20(27-18(13)10-15)30-12-19(28)26-17-6-4-3-5-16(17)21(22,23)24/h3-10H,2,12H2,1H3,(H,26,28). The fourth-order valence-corrected chi connectivity index (χ4v) is 3.50. The number of aromatic nitrogens is 1. The van der Waals surface area contributed by atoms with Gasteiger partial charge in [-0.05, 0) is 37.3 Å². The van der Waals surface area contributed by atoms with Gasteiger partial charge in [-0.3, -0.25) is 4.79 Å². The molecular weight excluding hydrogens is 415 g/mol.